The number of ketones is 1. The fourth-order valence-electron chi connectivity index (χ4n) is 3.51. The van der Waals surface area contributed by atoms with Gasteiger partial charge in [-0.3, -0.25) is 4.79 Å². The van der Waals surface area contributed by atoms with Crippen LogP contribution in [0.15, 0.2) is 127 Å². The Hall–Kier alpha value is -3.21. The third kappa shape index (κ3) is 10.3. The van der Waals surface area contributed by atoms with Crippen molar-refractivity contribution in [2.75, 3.05) is 0 Å². The second-order valence-corrected chi connectivity index (χ2v) is 10.5. The zero-order valence-electron chi connectivity index (χ0n) is 21.3. The summed E-state index contributed by atoms with van der Waals surface area (Å²) in [6.07, 6.45) is 7.94. The van der Waals surface area contributed by atoms with Crippen LogP contribution in [0.4, 0.5) is 0 Å². The van der Waals surface area contributed by atoms with Gasteiger partial charge in [-0.15, -0.1) is 0 Å². The van der Waals surface area contributed by atoms with Crippen molar-refractivity contribution < 1.29 is 45.1 Å². The Labute approximate surface area is 238 Å². The summed E-state index contributed by atoms with van der Waals surface area (Å²) >= 11 is 0. The van der Waals surface area contributed by atoms with Gasteiger partial charge in [-0.2, -0.15) is 0 Å². The molecule has 202 valence electrons. The standard InChI is InChI=1S/C18H15P.C12H15NO3.2H2O.Ru/c1-4-10-16(11-5-1)19(17-12-6-2-7-13-17)18-14-8-3-9-15-18;1-8(2)11(12(15)16)13-7-9-5-3-4-6-10(9)14;;;/h1-15H;3-8,11,13H,1-2H3,(H,15,16);2*1H2;/b;9-7-;;;/t;11-;;;/m.0.../s1. The van der Waals surface area contributed by atoms with Gasteiger partial charge in [-0.25, -0.2) is 4.79 Å². The molecule has 8 heteroatoms. The molecule has 0 heterocycles. The van der Waals surface area contributed by atoms with Gasteiger partial charge in [0, 0.05) is 31.3 Å². The summed E-state index contributed by atoms with van der Waals surface area (Å²) in [5, 5.41) is 15.9. The first-order valence-corrected chi connectivity index (χ1v) is 12.8. The quantitative estimate of drug-likeness (QED) is 0.239. The van der Waals surface area contributed by atoms with E-state index in [0.717, 1.165) is 0 Å². The van der Waals surface area contributed by atoms with Crippen molar-refractivity contribution in [2.24, 2.45) is 5.92 Å². The molecule has 1 aliphatic carbocycles. The topological polar surface area (TPSA) is 129 Å². The van der Waals surface area contributed by atoms with E-state index in [1.807, 2.05) is 13.8 Å². The van der Waals surface area contributed by atoms with E-state index in [9.17, 15) is 9.59 Å². The van der Waals surface area contributed by atoms with Gasteiger partial charge in [0.1, 0.15) is 6.04 Å². The monoisotopic (exact) mass is 621 g/mol. The predicted octanol–water partition coefficient (Wildman–Crippen LogP) is 3.06. The molecule has 0 aliphatic heterocycles. The van der Waals surface area contributed by atoms with Gasteiger partial charge in [0.05, 0.1) is 0 Å². The number of carbonyl (C=O) groups excluding carboxylic acids is 1. The average molecular weight is 621 g/mol. The molecule has 38 heavy (non-hydrogen) atoms. The van der Waals surface area contributed by atoms with Crippen LogP contribution in [-0.4, -0.2) is 33.9 Å². The number of hydrogen-bond donors (Lipinski definition) is 2. The summed E-state index contributed by atoms with van der Waals surface area (Å²) in [6.45, 7) is 3.62. The second-order valence-electron chi connectivity index (χ2n) is 8.25. The smallest absolute Gasteiger partial charge is 0.326 e. The largest absolute Gasteiger partial charge is 0.480 e. The first-order chi connectivity index (χ1) is 17.0. The number of carboxylic acids is 1. The maximum absolute atomic E-state index is 11.4. The van der Waals surface area contributed by atoms with Gasteiger partial charge >= 0.3 is 5.97 Å². The van der Waals surface area contributed by atoms with Crippen LogP contribution in [0, 0.1) is 5.92 Å². The molecule has 1 aliphatic rings. The molecule has 6 nitrogen and oxygen atoms in total. The predicted molar refractivity (Wildman–Crippen MR) is 153 cm³/mol. The van der Waals surface area contributed by atoms with Crippen LogP contribution >= 0.6 is 7.92 Å². The van der Waals surface area contributed by atoms with E-state index in [0.29, 0.717) is 5.57 Å². The molecule has 6 N–H and O–H groups in total. The molecule has 3 aromatic rings. The van der Waals surface area contributed by atoms with Gasteiger partial charge < -0.3 is 21.4 Å². The van der Waals surface area contributed by atoms with Crippen molar-refractivity contribution in [1.82, 2.24) is 5.32 Å². The summed E-state index contributed by atoms with van der Waals surface area (Å²) in [4.78, 5) is 22.2. The van der Waals surface area contributed by atoms with E-state index >= 15 is 0 Å². The Morgan fingerprint density at radius 1 is 0.763 bits per heavy atom. The third-order valence-corrected chi connectivity index (χ3v) is 7.76. The first kappa shape index (κ1) is 34.8. The minimum Gasteiger partial charge on any atom is -0.480 e. The number of nitrogens with one attached hydrogen (secondary N) is 1. The van der Waals surface area contributed by atoms with Crippen molar-refractivity contribution >= 4 is 35.6 Å². The van der Waals surface area contributed by atoms with Crippen LogP contribution < -0.4 is 21.2 Å². The number of benzene rings is 3. The molecule has 0 aromatic heterocycles. The van der Waals surface area contributed by atoms with Crippen molar-refractivity contribution in [3.63, 3.8) is 0 Å². The van der Waals surface area contributed by atoms with Crippen molar-refractivity contribution in [3.05, 3.63) is 127 Å². The van der Waals surface area contributed by atoms with Crippen LogP contribution in [0.5, 0.6) is 0 Å². The Morgan fingerprint density at radius 3 is 1.50 bits per heavy atom. The van der Waals surface area contributed by atoms with E-state index in [4.69, 9.17) is 5.11 Å². The normalized spacial score (nSPS) is 13.4. The van der Waals surface area contributed by atoms with E-state index in [1.54, 1.807) is 18.2 Å². The van der Waals surface area contributed by atoms with Crippen molar-refractivity contribution in [2.45, 2.75) is 19.9 Å². The van der Waals surface area contributed by atoms with Crippen molar-refractivity contribution in [1.29, 1.82) is 0 Å². The summed E-state index contributed by atoms with van der Waals surface area (Å²) in [6, 6.07) is 31.6. The van der Waals surface area contributed by atoms with Gasteiger partial charge in [-0.05, 0) is 41.9 Å². The van der Waals surface area contributed by atoms with E-state index < -0.39 is 19.9 Å². The molecule has 0 fully saturated rings. The Balaban J connectivity index is 0.000000678. The van der Waals surface area contributed by atoms with Gasteiger partial charge in [0.15, 0.2) is 5.78 Å². The zero-order valence-corrected chi connectivity index (χ0v) is 23.9. The number of aliphatic carboxylic acids is 1. The Morgan fingerprint density at radius 2 is 1.16 bits per heavy atom. The van der Waals surface area contributed by atoms with Crippen LogP contribution in [0.1, 0.15) is 13.8 Å². The molecule has 0 saturated heterocycles. The van der Waals surface area contributed by atoms with E-state index in [-0.39, 0.29) is 42.1 Å². The molecular weight excluding hydrogens is 586 g/mol. The molecule has 0 bridgehead atoms. The van der Waals surface area contributed by atoms with Gasteiger partial charge in [-0.1, -0.05) is 117 Å². The van der Waals surface area contributed by atoms with Crippen LogP contribution in [0.2, 0.25) is 0 Å². The van der Waals surface area contributed by atoms with E-state index in [1.165, 1.54) is 28.2 Å². The first-order valence-electron chi connectivity index (χ1n) is 11.5. The second kappa shape index (κ2) is 18.1. The number of allylic oxidation sites excluding steroid dienone is 5. The number of rotatable bonds is 7. The third-order valence-electron chi connectivity index (χ3n) is 5.31. The fraction of sp³-hybridized carbons (Fsp3) is 0.133. The molecule has 3 aromatic carbocycles. The summed E-state index contributed by atoms with van der Waals surface area (Å²) in [5.74, 6) is -1.09. The molecule has 0 saturated carbocycles. The molecule has 0 amide bonds. The molecule has 0 radical (unpaired) electrons. The van der Waals surface area contributed by atoms with Gasteiger partial charge in [0.2, 0.25) is 0 Å². The Kier molecular flexibility index (Phi) is 16.6. The van der Waals surface area contributed by atoms with Crippen molar-refractivity contribution in [3.8, 4) is 0 Å². The number of carboxylic acid groups (broad SMARTS) is 1. The van der Waals surface area contributed by atoms with E-state index in [2.05, 4.69) is 96.3 Å². The maximum atomic E-state index is 11.4. The number of carbonyl (C=O) groups is 2. The molecule has 0 spiro atoms. The fourth-order valence-corrected chi connectivity index (χ4v) is 5.81. The van der Waals surface area contributed by atoms with Crippen LogP contribution in [0.25, 0.3) is 0 Å². The van der Waals surface area contributed by atoms with Crippen LogP contribution in [-0.2, 0) is 29.1 Å². The minimum atomic E-state index is -0.922. The molecule has 0 unspecified atom stereocenters. The van der Waals surface area contributed by atoms with Crippen LogP contribution in [0.3, 0.4) is 0 Å². The maximum Gasteiger partial charge on any atom is 0.326 e. The Bertz CT molecular complexity index is 1110. The molecule has 4 rings (SSSR count). The summed E-state index contributed by atoms with van der Waals surface area (Å²) in [7, 11) is -0.446. The molecular formula is C30H34NO5PRu. The zero-order chi connectivity index (χ0) is 25.0. The van der Waals surface area contributed by atoms with Gasteiger partial charge in [0.25, 0.3) is 0 Å². The number of hydrogen-bond acceptors (Lipinski definition) is 3. The average Bonchev–Trinajstić information content (AvgIpc) is 2.87. The minimum absolute atomic E-state index is 0. The summed E-state index contributed by atoms with van der Waals surface area (Å²) in [5.41, 5.74) is 0.467. The summed E-state index contributed by atoms with van der Waals surface area (Å²) < 4.78 is 0. The molecule has 1 atom stereocenters. The SMILES string of the molecule is CC(C)[C@H](N/C=C1/C=CC=CC1=O)C(=O)O.O.O.[Ru].c1ccc(P(c2ccccc2)c2ccccc2)cc1.